The molecule has 2 saturated carbocycles. The smallest absolute Gasteiger partial charge is 0.0406 e. The van der Waals surface area contributed by atoms with Gasteiger partial charge in [-0.05, 0) is 55.2 Å². The molecule has 0 radical (unpaired) electrons. The summed E-state index contributed by atoms with van der Waals surface area (Å²) in [5.41, 5.74) is 1.84. The van der Waals surface area contributed by atoms with Crippen LogP contribution in [0.15, 0.2) is 24.3 Å². The van der Waals surface area contributed by atoms with Crippen molar-refractivity contribution in [3.8, 4) is 0 Å². The lowest BCUT2D eigenvalue weighted by atomic mass is 9.56. The third kappa shape index (κ3) is 2.83. The van der Waals surface area contributed by atoms with Gasteiger partial charge in [0.1, 0.15) is 0 Å². The van der Waals surface area contributed by atoms with Crippen LogP contribution >= 0.6 is 11.6 Å². The summed E-state index contributed by atoms with van der Waals surface area (Å²) in [7, 11) is 0. The van der Waals surface area contributed by atoms with Crippen LogP contribution in [0.3, 0.4) is 0 Å². The summed E-state index contributed by atoms with van der Waals surface area (Å²) in [6, 6.07) is 9.33. The third-order valence-electron chi connectivity index (χ3n) is 5.01. The molecule has 2 fully saturated rings. The molecule has 3 rings (SSSR count). The Hall–Kier alpha value is -0.530. The number of halogens is 1. The van der Waals surface area contributed by atoms with Crippen molar-refractivity contribution in [2.24, 2.45) is 11.8 Å². The van der Waals surface area contributed by atoms with E-state index in [-0.39, 0.29) is 0 Å². The molecule has 2 aliphatic rings. The van der Waals surface area contributed by atoms with E-state index < -0.39 is 0 Å². The SMILES string of the molecule is CC(C)C1CC(CNC2CC2)(c2ccc(Cl)cc2)C1. The Kier molecular flexibility index (Phi) is 3.61. The molecule has 1 aromatic carbocycles. The highest BCUT2D eigenvalue weighted by molar-refractivity contribution is 6.30. The topological polar surface area (TPSA) is 12.0 Å². The number of benzene rings is 1. The van der Waals surface area contributed by atoms with E-state index in [1.807, 2.05) is 12.1 Å². The molecule has 19 heavy (non-hydrogen) atoms. The molecule has 0 atom stereocenters. The monoisotopic (exact) mass is 277 g/mol. The fourth-order valence-corrected chi connectivity index (χ4v) is 3.45. The van der Waals surface area contributed by atoms with Crippen molar-refractivity contribution in [2.45, 2.75) is 51.0 Å². The molecule has 1 N–H and O–H groups in total. The molecule has 2 aliphatic carbocycles. The Morgan fingerprint density at radius 3 is 2.37 bits per heavy atom. The van der Waals surface area contributed by atoms with Crippen LogP contribution in [0.2, 0.25) is 5.02 Å². The van der Waals surface area contributed by atoms with Crippen LogP contribution in [0.5, 0.6) is 0 Å². The molecular formula is C17H24ClN. The molecule has 0 saturated heterocycles. The van der Waals surface area contributed by atoms with Crippen molar-refractivity contribution in [3.05, 3.63) is 34.9 Å². The van der Waals surface area contributed by atoms with Gasteiger partial charge in [-0.15, -0.1) is 0 Å². The van der Waals surface area contributed by atoms with Crippen molar-refractivity contribution in [2.75, 3.05) is 6.54 Å². The van der Waals surface area contributed by atoms with Crippen molar-refractivity contribution < 1.29 is 0 Å². The maximum Gasteiger partial charge on any atom is 0.0406 e. The minimum atomic E-state index is 0.363. The van der Waals surface area contributed by atoms with Crippen LogP contribution in [0, 0.1) is 11.8 Å². The molecule has 0 unspecified atom stereocenters. The first-order valence-electron chi connectivity index (χ1n) is 7.58. The van der Waals surface area contributed by atoms with Gasteiger partial charge in [-0.1, -0.05) is 37.6 Å². The van der Waals surface area contributed by atoms with E-state index in [1.165, 1.54) is 31.2 Å². The molecule has 2 heteroatoms. The lowest BCUT2D eigenvalue weighted by Gasteiger charge is -2.50. The lowest BCUT2D eigenvalue weighted by Crippen LogP contribution is -2.50. The second-order valence-corrected chi connectivity index (χ2v) is 7.29. The van der Waals surface area contributed by atoms with E-state index in [0.717, 1.165) is 29.4 Å². The number of nitrogens with one attached hydrogen (secondary N) is 1. The Morgan fingerprint density at radius 1 is 1.21 bits per heavy atom. The van der Waals surface area contributed by atoms with E-state index in [0.29, 0.717) is 5.41 Å². The standard InChI is InChI=1S/C17H24ClN/c1-12(2)13-9-17(10-13,11-19-16-7-8-16)14-3-5-15(18)6-4-14/h3-6,12-13,16,19H,7-11H2,1-2H3. The second kappa shape index (κ2) is 5.10. The molecule has 1 nitrogen and oxygen atoms in total. The summed E-state index contributed by atoms with van der Waals surface area (Å²) in [4.78, 5) is 0. The highest BCUT2D eigenvalue weighted by Gasteiger charge is 2.46. The van der Waals surface area contributed by atoms with Crippen LogP contribution in [0.1, 0.15) is 45.1 Å². The highest BCUT2D eigenvalue weighted by atomic mass is 35.5. The minimum Gasteiger partial charge on any atom is -0.313 e. The third-order valence-corrected chi connectivity index (χ3v) is 5.26. The first-order valence-corrected chi connectivity index (χ1v) is 7.96. The summed E-state index contributed by atoms with van der Waals surface area (Å²) in [6.07, 6.45) is 5.38. The average molecular weight is 278 g/mol. The molecule has 0 heterocycles. The van der Waals surface area contributed by atoms with Gasteiger partial charge in [0.25, 0.3) is 0 Å². The largest absolute Gasteiger partial charge is 0.313 e. The first kappa shape index (κ1) is 13.5. The molecule has 0 amide bonds. The second-order valence-electron chi connectivity index (χ2n) is 6.85. The molecular weight excluding hydrogens is 254 g/mol. The van der Waals surface area contributed by atoms with Crippen molar-refractivity contribution in [3.63, 3.8) is 0 Å². The van der Waals surface area contributed by atoms with Gasteiger partial charge in [0.15, 0.2) is 0 Å². The summed E-state index contributed by atoms with van der Waals surface area (Å²) < 4.78 is 0. The maximum atomic E-state index is 6.02. The molecule has 0 aromatic heterocycles. The van der Waals surface area contributed by atoms with E-state index in [9.17, 15) is 0 Å². The lowest BCUT2D eigenvalue weighted by molar-refractivity contribution is 0.0973. The van der Waals surface area contributed by atoms with Crippen LogP contribution in [-0.4, -0.2) is 12.6 Å². The fourth-order valence-electron chi connectivity index (χ4n) is 3.33. The maximum absolute atomic E-state index is 6.02. The van der Waals surface area contributed by atoms with Gasteiger partial charge in [0.05, 0.1) is 0 Å². The minimum absolute atomic E-state index is 0.363. The summed E-state index contributed by atoms with van der Waals surface area (Å²) in [6.45, 7) is 5.85. The quantitative estimate of drug-likeness (QED) is 0.841. The summed E-state index contributed by atoms with van der Waals surface area (Å²) in [5, 5.41) is 4.58. The molecule has 0 spiro atoms. The van der Waals surface area contributed by atoms with E-state index in [4.69, 9.17) is 11.6 Å². The van der Waals surface area contributed by atoms with Crippen molar-refractivity contribution in [1.82, 2.24) is 5.32 Å². The number of rotatable bonds is 5. The summed E-state index contributed by atoms with van der Waals surface area (Å²) in [5.74, 6) is 1.69. The Balaban J connectivity index is 1.74. The van der Waals surface area contributed by atoms with E-state index in [1.54, 1.807) is 0 Å². The molecule has 0 aliphatic heterocycles. The summed E-state index contributed by atoms with van der Waals surface area (Å²) >= 11 is 6.02. The van der Waals surface area contributed by atoms with Gasteiger partial charge in [0.2, 0.25) is 0 Å². The van der Waals surface area contributed by atoms with Crippen LogP contribution in [-0.2, 0) is 5.41 Å². The normalized spacial score (nSPS) is 30.4. The van der Waals surface area contributed by atoms with Gasteiger partial charge in [-0.2, -0.15) is 0 Å². The molecule has 1 aromatic rings. The Labute approximate surface area is 121 Å². The fraction of sp³-hybridized carbons (Fsp3) is 0.647. The van der Waals surface area contributed by atoms with Gasteiger partial charge < -0.3 is 5.32 Å². The van der Waals surface area contributed by atoms with Gasteiger partial charge in [-0.25, -0.2) is 0 Å². The highest BCUT2D eigenvalue weighted by Crippen LogP contribution is 2.50. The molecule has 104 valence electrons. The number of hydrogen-bond donors (Lipinski definition) is 1. The van der Waals surface area contributed by atoms with Gasteiger partial charge in [-0.3, -0.25) is 0 Å². The van der Waals surface area contributed by atoms with Gasteiger partial charge >= 0.3 is 0 Å². The predicted octanol–water partition coefficient (Wildman–Crippen LogP) is 4.40. The van der Waals surface area contributed by atoms with E-state index in [2.05, 4.69) is 31.3 Å². The Morgan fingerprint density at radius 2 is 1.84 bits per heavy atom. The Bertz CT molecular complexity index is 422. The van der Waals surface area contributed by atoms with Crippen LogP contribution < -0.4 is 5.32 Å². The zero-order chi connectivity index (χ0) is 13.5. The van der Waals surface area contributed by atoms with E-state index >= 15 is 0 Å². The van der Waals surface area contributed by atoms with Crippen molar-refractivity contribution in [1.29, 1.82) is 0 Å². The van der Waals surface area contributed by atoms with Gasteiger partial charge in [0, 0.05) is 23.0 Å². The predicted molar refractivity (Wildman–Crippen MR) is 81.7 cm³/mol. The van der Waals surface area contributed by atoms with Crippen molar-refractivity contribution >= 4 is 11.6 Å². The molecule has 0 bridgehead atoms. The zero-order valence-corrected chi connectivity index (χ0v) is 12.7. The van der Waals surface area contributed by atoms with Crippen LogP contribution in [0.25, 0.3) is 0 Å². The average Bonchev–Trinajstić information content (AvgIpc) is 3.13. The zero-order valence-electron chi connectivity index (χ0n) is 12.0. The number of hydrogen-bond acceptors (Lipinski definition) is 1. The van der Waals surface area contributed by atoms with Crippen LogP contribution in [0.4, 0.5) is 0 Å². The first-order chi connectivity index (χ1) is 9.09.